The lowest BCUT2D eigenvalue weighted by Crippen LogP contribution is -2.05. The van der Waals surface area contributed by atoms with Gasteiger partial charge in [0.05, 0.1) is 6.42 Å². The number of carbonyl (C=O) groups is 1. The quantitative estimate of drug-likeness (QED) is 0.670. The summed E-state index contributed by atoms with van der Waals surface area (Å²) < 4.78 is 5.17. The van der Waals surface area contributed by atoms with Crippen molar-refractivity contribution in [2.24, 2.45) is 0 Å². The van der Waals surface area contributed by atoms with E-state index in [1.165, 1.54) is 0 Å². The SMILES string of the molecule is CC(C)c1noc(CCCC(=O)Cc2nc(-c3ccccn3)n[nH]2)n1. The van der Waals surface area contributed by atoms with Crippen molar-refractivity contribution >= 4 is 5.78 Å². The molecule has 3 aromatic rings. The first-order valence-corrected chi connectivity index (χ1v) is 8.28. The van der Waals surface area contributed by atoms with E-state index in [9.17, 15) is 4.79 Å². The number of pyridine rings is 1. The number of aromatic amines is 1. The first-order valence-electron chi connectivity index (χ1n) is 8.28. The lowest BCUT2D eigenvalue weighted by atomic mass is 10.1. The Labute approximate surface area is 145 Å². The summed E-state index contributed by atoms with van der Waals surface area (Å²) in [5.74, 6) is 2.64. The minimum Gasteiger partial charge on any atom is -0.339 e. The van der Waals surface area contributed by atoms with E-state index in [2.05, 4.69) is 30.3 Å². The van der Waals surface area contributed by atoms with Crippen LogP contribution < -0.4 is 0 Å². The van der Waals surface area contributed by atoms with E-state index in [0.29, 0.717) is 48.3 Å². The van der Waals surface area contributed by atoms with E-state index in [-0.39, 0.29) is 18.1 Å². The molecule has 0 unspecified atom stereocenters. The van der Waals surface area contributed by atoms with Crippen LogP contribution in [-0.2, 0) is 17.6 Å². The molecule has 130 valence electrons. The van der Waals surface area contributed by atoms with Crippen molar-refractivity contribution < 1.29 is 9.32 Å². The van der Waals surface area contributed by atoms with Crippen LogP contribution in [0.4, 0.5) is 0 Å². The number of H-pyrrole nitrogens is 1. The van der Waals surface area contributed by atoms with Crippen LogP contribution in [-0.4, -0.2) is 36.1 Å². The Morgan fingerprint density at radius 3 is 2.88 bits per heavy atom. The lowest BCUT2D eigenvalue weighted by molar-refractivity contribution is -0.118. The highest BCUT2D eigenvalue weighted by atomic mass is 16.5. The average molecular weight is 340 g/mol. The minimum absolute atomic E-state index is 0.0901. The summed E-state index contributed by atoms with van der Waals surface area (Å²) in [4.78, 5) is 24.9. The largest absolute Gasteiger partial charge is 0.339 e. The Bertz CT molecular complexity index is 825. The summed E-state index contributed by atoms with van der Waals surface area (Å²) in [7, 11) is 0. The van der Waals surface area contributed by atoms with Gasteiger partial charge < -0.3 is 4.52 Å². The van der Waals surface area contributed by atoms with E-state index in [4.69, 9.17) is 4.52 Å². The molecule has 0 radical (unpaired) electrons. The Balaban J connectivity index is 1.47. The zero-order valence-electron chi connectivity index (χ0n) is 14.3. The van der Waals surface area contributed by atoms with Gasteiger partial charge in [-0.1, -0.05) is 25.1 Å². The van der Waals surface area contributed by atoms with E-state index in [1.807, 2.05) is 32.0 Å². The average Bonchev–Trinajstić information content (AvgIpc) is 3.25. The first-order chi connectivity index (χ1) is 12.1. The molecule has 8 nitrogen and oxygen atoms in total. The normalized spacial score (nSPS) is 11.2. The molecule has 0 saturated heterocycles. The smallest absolute Gasteiger partial charge is 0.226 e. The van der Waals surface area contributed by atoms with Crippen LogP contribution in [0.2, 0.25) is 0 Å². The highest BCUT2D eigenvalue weighted by molar-refractivity contribution is 5.80. The fourth-order valence-corrected chi connectivity index (χ4v) is 2.30. The first kappa shape index (κ1) is 16.9. The Kier molecular flexibility index (Phi) is 5.27. The minimum atomic E-state index is 0.0901. The molecule has 25 heavy (non-hydrogen) atoms. The van der Waals surface area contributed by atoms with Crippen molar-refractivity contribution in [2.45, 2.75) is 45.4 Å². The molecule has 3 rings (SSSR count). The number of ketones is 1. The van der Waals surface area contributed by atoms with Gasteiger partial charge in [0.15, 0.2) is 11.6 Å². The van der Waals surface area contributed by atoms with E-state index >= 15 is 0 Å². The number of Topliss-reactive ketones (excluding diaryl/α,β-unsaturated/α-hetero) is 1. The van der Waals surface area contributed by atoms with Crippen LogP contribution in [0.5, 0.6) is 0 Å². The highest BCUT2D eigenvalue weighted by Crippen LogP contribution is 2.13. The third-order valence-electron chi connectivity index (χ3n) is 3.64. The molecule has 0 bridgehead atoms. The number of hydrogen-bond donors (Lipinski definition) is 1. The van der Waals surface area contributed by atoms with E-state index in [1.54, 1.807) is 6.20 Å². The standard InChI is InChI=1S/C17H20N6O2/c1-11(2)16-20-15(25-23-16)8-5-6-12(24)10-14-19-17(22-21-14)13-7-3-4-9-18-13/h3-4,7,9,11H,5-6,8,10H2,1-2H3,(H,19,21,22). The van der Waals surface area contributed by atoms with Gasteiger partial charge in [-0.05, 0) is 18.6 Å². The van der Waals surface area contributed by atoms with Gasteiger partial charge in [0.25, 0.3) is 0 Å². The summed E-state index contributed by atoms with van der Waals surface area (Å²) in [6.45, 7) is 4.02. The molecule has 0 aromatic carbocycles. The molecule has 0 amide bonds. The number of hydrogen-bond acceptors (Lipinski definition) is 7. The van der Waals surface area contributed by atoms with Crippen molar-refractivity contribution in [2.75, 3.05) is 0 Å². The summed E-state index contributed by atoms with van der Waals surface area (Å²) in [5, 5.41) is 10.8. The van der Waals surface area contributed by atoms with Crippen molar-refractivity contribution in [1.29, 1.82) is 0 Å². The van der Waals surface area contributed by atoms with Gasteiger partial charge in [-0.15, -0.1) is 0 Å². The van der Waals surface area contributed by atoms with Crippen LogP contribution in [0, 0.1) is 0 Å². The molecule has 0 atom stereocenters. The van der Waals surface area contributed by atoms with Gasteiger partial charge in [-0.2, -0.15) is 10.1 Å². The van der Waals surface area contributed by atoms with E-state index in [0.717, 1.165) is 0 Å². The monoisotopic (exact) mass is 340 g/mol. The second-order valence-electron chi connectivity index (χ2n) is 6.09. The molecule has 0 aliphatic heterocycles. The lowest BCUT2D eigenvalue weighted by Gasteiger charge is -1.97. The maximum atomic E-state index is 12.1. The molecular formula is C17H20N6O2. The zero-order valence-corrected chi connectivity index (χ0v) is 14.3. The number of nitrogens with zero attached hydrogens (tertiary/aromatic N) is 5. The van der Waals surface area contributed by atoms with Gasteiger partial charge >= 0.3 is 0 Å². The molecule has 0 saturated carbocycles. The van der Waals surface area contributed by atoms with Gasteiger partial charge in [0.2, 0.25) is 5.89 Å². The Morgan fingerprint density at radius 2 is 2.16 bits per heavy atom. The molecular weight excluding hydrogens is 320 g/mol. The third kappa shape index (κ3) is 4.56. The van der Waals surface area contributed by atoms with Gasteiger partial charge in [0, 0.05) is 25.0 Å². The molecule has 0 spiro atoms. The van der Waals surface area contributed by atoms with Crippen LogP contribution >= 0.6 is 0 Å². The molecule has 3 heterocycles. The van der Waals surface area contributed by atoms with Gasteiger partial charge in [-0.25, -0.2) is 4.98 Å². The molecule has 0 fully saturated rings. The molecule has 3 aromatic heterocycles. The van der Waals surface area contributed by atoms with Crippen LogP contribution in [0.1, 0.15) is 50.1 Å². The summed E-state index contributed by atoms with van der Waals surface area (Å²) in [5.41, 5.74) is 0.676. The van der Waals surface area contributed by atoms with E-state index < -0.39 is 0 Å². The summed E-state index contributed by atoms with van der Waals surface area (Å²) in [6, 6.07) is 5.52. The molecule has 8 heteroatoms. The topological polar surface area (TPSA) is 110 Å². The van der Waals surface area contributed by atoms with Crippen molar-refractivity contribution in [3.8, 4) is 11.5 Å². The number of rotatable bonds is 8. The molecule has 1 N–H and O–H groups in total. The summed E-state index contributed by atoms with van der Waals surface area (Å²) >= 11 is 0. The highest BCUT2D eigenvalue weighted by Gasteiger charge is 2.13. The number of aromatic nitrogens is 6. The number of carbonyl (C=O) groups excluding carboxylic acids is 1. The number of aryl methyl sites for hydroxylation is 1. The second-order valence-corrected chi connectivity index (χ2v) is 6.09. The number of nitrogens with one attached hydrogen (secondary N) is 1. The predicted octanol–water partition coefficient (Wildman–Crippen LogP) is 2.51. The van der Waals surface area contributed by atoms with Crippen molar-refractivity contribution in [3.05, 3.63) is 41.9 Å². The van der Waals surface area contributed by atoms with Gasteiger partial charge in [0.1, 0.15) is 17.3 Å². The van der Waals surface area contributed by atoms with Crippen molar-refractivity contribution in [3.63, 3.8) is 0 Å². The van der Waals surface area contributed by atoms with Crippen LogP contribution in [0.3, 0.4) is 0 Å². The summed E-state index contributed by atoms with van der Waals surface area (Å²) in [6.07, 6.45) is 3.60. The Morgan fingerprint density at radius 1 is 1.28 bits per heavy atom. The zero-order chi connectivity index (χ0) is 17.6. The fourth-order valence-electron chi connectivity index (χ4n) is 2.30. The molecule has 0 aliphatic rings. The van der Waals surface area contributed by atoms with Crippen molar-refractivity contribution in [1.82, 2.24) is 30.3 Å². The maximum Gasteiger partial charge on any atom is 0.226 e. The molecule has 0 aliphatic carbocycles. The van der Waals surface area contributed by atoms with Crippen LogP contribution in [0.25, 0.3) is 11.5 Å². The maximum absolute atomic E-state index is 12.1. The van der Waals surface area contributed by atoms with Crippen LogP contribution in [0.15, 0.2) is 28.9 Å². The fraction of sp³-hybridized carbons (Fsp3) is 0.412. The second kappa shape index (κ2) is 7.78. The third-order valence-corrected chi connectivity index (χ3v) is 3.64. The van der Waals surface area contributed by atoms with Gasteiger partial charge in [-0.3, -0.25) is 14.9 Å². The Hall–Kier alpha value is -2.90. The predicted molar refractivity (Wildman–Crippen MR) is 89.6 cm³/mol.